The van der Waals surface area contributed by atoms with Crippen molar-refractivity contribution in [3.8, 4) is 0 Å². The molecule has 0 bridgehead atoms. The number of rotatable bonds is 9. The average molecular weight is 193 g/mol. The van der Waals surface area contributed by atoms with Gasteiger partial charge in [0.15, 0.2) is 0 Å². The summed E-state index contributed by atoms with van der Waals surface area (Å²) in [5, 5.41) is 0. The van der Waals surface area contributed by atoms with Gasteiger partial charge in [0.05, 0.1) is 0 Å². The van der Waals surface area contributed by atoms with Gasteiger partial charge in [0.2, 0.25) is 0 Å². The Kier molecular flexibility index (Phi) is 12.0. The van der Waals surface area contributed by atoms with Crippen LogP contribution in [0, 0.1) is 6.42 Å². The molecule has 0 aromatic rings. The van der Waals surface area contributed by atoms with E-state index < -0.39 is 0 Å². The van der Waals surface area contributed by atoms with E-state index in [9.17, 15) is 0 Å². The second-order valence-corrected chi connectivity index (χ2v) is 3.63. The first-order valence-corrected chi connectivity index (χ1v) is 6.05. The Morgan fingerprint density at radius 3 is 2.21 bits per heavy atom. The molecule has 0 atom stereocenters. The third kappa shape index (κ3) is 11.5. The molecule has 0 spiro atoms. The van der Waals surface area contributed by atoms with Crippen molar-refractivity contribution < 1.29 is 0 Å². The van der Waals surface area contributed by atoms with Gasteiger partial charge in [-0.05, 0) is 32.1 Å². The highest BCUT2D eigenvalue weighted by molar-refractivity contribution is 5.01. The highest BCUT2D eigenvalue weighted by Gasteiger charge is 1.87. The Bertz CT molecular complexity index is 142. The summed E-state index contributed by atoms with van der Waals surface area (Å²) in [5.74, 6) is 0. The molecule has 0 fully saturated rings. The van der Waals surface area contributed by atoms with E-state index in [1.807, 2.05) is 0 Å². The maximum absolute atomic E-state index is 2.43. The molecule has 0 saturated heterocycles. The first-order chi connectivity index (χ1) is 6.91. The fourth-order valence-corrected chi connectivity index (χ4v) is 1.26. The number of allylic oxidation sites excluding steroid dienone is 4. The summed E-state index contributed by atoms with van der Waals surface area (Å²) in [6.45, 7) is 4.41. The second kappa shape index (κ2) is 12.5. The quantitative estimate of drug-likeness (QED) is 0.354. The van der Waals surface area contributed by atoms with Gasteiger partial charge in [-0.25, -0.2) is 0 Å². The van der Waals surface area contributed by atoms with Crippen LogP contribution in [0.2, 0.25) is 0 Å². The highest BCUT2D eigenvalue weighted by Crippen LogP contribution is 2.05. The van der Waals surface area contributed by atoms with Crippen molar-refractivity contribution in [2.45, 2.75) is 58.8 Å². The van der Waals surface area contributed by atoms with Crippen LogP contribution in [0.25, 0.3) is 0 Å². The Morgan fingerprint density at radius 2 is 1.50 bits per heavy atom. The lowest BCUT2D eigenvalue weighted by atomic mass is 10.1. The SMILES string of the molecule is CCC=C/C=C\CCC[CH]CCCC. The first kappa shape index (κ1) is 13.5. The van der Waals surface area contributed by atoms with Crippen LogP contribution in [0.5, 0.6) is 0 Å². The average Bonchev–Trinajstić information content (AvgIpc) is 2.21. The van der Waals surface area contributed by atoms with Crippen LogP contribution < -0.4 is 0 Å². The molecule has 0 amide bonds. The standard InChI is InChI=1S/C14H25/c1-3-5-7-9-11-13-14-12-10-8-6-4-2/h5,7,9-11H,3-4,6,8,12-14H2,1-2H3/b7-5?,11-9-. The fourth-order valence-electron chi connectivity index (χ4n) is 1.26. The van der Waals surface area contributed by atoms with Gasteiger partial charge < -0.3 is 0 Å². The molecular weight excluding hydrogens is 168 g/mol. The smallest absolute Gasteiger partial charge is 0.0348 e. The summed E-state index contributed by atoms with van der Waals surface area (Å²) in [6, 6.07) is 0. The van der Waals surface area contributed by atoms with Gasteiger partial charge in [-0.2, -0.15) is 0 Å². The van der Waals surface area contributed by atoms with E-state index >= 15 is 0 Å². The zero-order valence-corrected chi connectivity index (χ0v) is 9.84. The van der Waals surface area contributed by atoms with Gasteiger partial charge >= 0.3 is 0 Å². The molecule has 0 N–H and O–H groups in total. The minimum Gasteiger partial charge on any atom is -0.0848 e. The molecule has 0 heteroatoms. The van der Waals surface area contributed by atoms with Crippen LogP contribution in [-0.4, -0.2) is 0 Å². The van der Waals surface area contributed by atoms with Crippen molar-refractivity contribution in [3.63, 3.8) is 0 Å². The molecule has 0 aliphatic rings. The highest BCUT2D eigenvalue weighted by atomic mass is 13.9. The minimum absolute atomic E-state index is 1.13. The van der Waals surface area contributed by atoms with E-state index in [2.05, 4.69) is 44.6 Å². The molecule has 0 aliphatic heterocycles. The lowest BCUT2D eigenvalue weighted by molar-refractivity contribution is 0.721. The molecule has 0 rings (SSSR count). The molecule has 0 heterocycles. The predicted molar refractivity (Wildman–Crippen MR) is 66.2 cm³/mol. The van der Waals surface area contributed by atoms with Crippen LogP contribution in [0.3, 0.4) is 0 Å². The van der Waals surface area contributed by atoms with E-state index in [0.29, 0.717) is 0 Å². The minimum atomic E-state index is 1.13. The molecule has 0 aromatic carbocycles. The zero-order valence-electron chi connectivity index (χ0n) is 9.84. The Morgan fingerprint density at radius 1 is 0.786 bits per heavy atom. The lowest BCUT2D eigenvalue weighted by Gasteiger charge is -1.96. The van der Waals surface area contributed by atoms with Gasteiger partial charge in [0.1, 0.15) is 0 Å². The summed E-state index contributed by atoms with van der Waals surface area (Å²) in [6.07, 6.45) is 20.1. The summed E-state index contributed by atoms with van der Waals surface area (Å²) in [7, 11) is 0. The largest absolute Gasteiger partial charge is 0.0848 e. The summed E-state index contributed by atoms with van der Waals surface area (Å²) >= 11 is 0. The Balaban J connectivity index is 3.05. The third-order valence-corrected chi connectivity index (χ3v) is 2.16. The van der Waals surface area contributed by atoms with Crippen molar-refractivity contribution >= 4 is 0 Å². The maximum Gasteiger partial charge on any atom is -0.0348 e. The van der Waals surface area contributed by atoms with Crippen molar-refractivity contribution in [3.05, 3.63) is 30.7 Å². The van der Waals surface area contributed by atoms with Gasteiger partial charge in [-0.15, -0.1) is 0 Å². The molecule has 0 saturated carbocycles. The predicted octanol–water partition coefficient (Wildman–Crippen LogP) is 5.07. The van der Waals surface area contributed by atoms with Crippen LogP contribution in [0.15, 0.2) is 24.3 Å². The van der Waals surface area contributed by atoms with Crippen molar-refractivity contribution in [2.24, 2.45) is 0 Å². The molecule has 14 heavy (non-hydrogen) atoms. The summed E-state index contributed by atoms with van der Waals surface area (Å²) in [5.41, 5.74) is 0. The number of hydrogen-bond acceptors (Lipinski definition) is 0. The van der Waals surface area contributed by atoms with Crippen LogP contribution in [0.1, 0.15) is 58.8 Å². The van der Waals surface area contributed by atoms with E-state index in [4.69, 9.17) is 0 Å². The molecule has 0 nitrogen and oxygen atoms in total. The van der Waals surface area contributed by atoms with Gasteiger partial charge in [0.25, 0.3) is 0 Å². The first-order valence-electron chi connectivity index (χ1n) is 6.05. The monoisotopic (exact) mass is 193 g/mol. The van der Waals surface area contributed by atoms with Crippen molar-refractivity contribution in [1.82, 2.24) is 0 Å². The van der Waals surface area contributed by atoms with E-state index in [-0.39, 0.29) is 0 Å². The molecular formula is C14H25. The topological polar surface area (TPSA) is 0 Å². The van der Waals surface area contributed by atoms with Crippen LogP contribution >= 0.6 is 0 Å². The maximum atomic E-state index is 2.43. The zero-order chi connectivity index (χ0) is 10.5. The second-order valence-electron chi connectivity index (χ2n) is 3.63. The fraction of sp³-hybridized carbons (Fsp3) is 0.643. The molecule has 1 radical (unpaired) electrons. The van der Waals surface area contributed by atoms with Crippen LogP contribution in [-0.2, 0) is 0 Å². The molecule has 81 valence electrons. The molecule has 0 unspecified atom stereocenters. The van der Waals surface area contributed by atoms with Crippen LogP contribution in [0.4, 0.5) is 0 Å². The third-order valence-electron chi connectivity index (χ3n) is 2.16. The van der Waals surface area contributed by atoms with E-state index in [1.54, 1.807) is 0 Å². The molecule has 0 aliphatic carbocycles. The lowest BCUT2D eigenvalue weighted by Crippen LogP contribution is -1.78. The van der Waals surface area contributed by atoms with Crippen molar-refractivity contribution in [1.29, 1.82) is 0 Å². The van der Waals surface area contributed by atoms with E-state index in [1.165, 1.54) is 38.5 Å². The number of hydrogen-bond donors (Lipinski definition) is 0. The number of unbranched alkanes of at least 4 members (excludes halogenated alkanes) is 6. The van der Waals surface area contributed by atoms with E-state index in [0.717, 1.165) is 6.42 Å². The Labute approximate surface area is 90.1 Å². The summed E-state index contributed by atoms with van der Waals surface area (Å²) in [4.78, 5) is 0. The van der Waals surface area contributed by atoms with Gasteiger partial charge in [-0.3, -0.25) is 0 Å². The summed E-state index contributed by atoms with van der Waals surface area (Å²) < 4.78 is 0. The van der Waals surface area contributed by atoms with Gasteiger partial charge in [-0.1, -0.05) is 57.4 Å². The van der Waals surface area contributed by atoms with Gasteiger partial charge in [0, 0.05) is 0 Å². The molecule has 0 aromatic heterocycles. The Hall–Kier alpha value is -0.520. The normalized spacial score (nSPS) is 11.9. The van der Waals surface area contributed by atoms with Crippen molar-refractivity contribution in [2.75, 3.05) is 0 Å².